The average molecular weight is 367 g/mol. The molecular formula is C14H13BrClN5. The zero-order valence-electron chi connectivity index (χ0n) is 10.9. The number of aromatic nitrogens is 1. The fraction of sp³-hybridized carbons (Fsp3) is 0. The quantitative estimate of drug-likeness (QED) is 0.495. The fourth-order valence-corrected chi connectivity index (χ4v) is 2.28. The molecule has 1 heterocycles. The normalized spacial score (nSPS) is 11.3. The maximum absolute atomic E-state index is 6.09. The van der Waals surface area contributed by atoms with Crippen LogP contribution in [0.25, 0.3) is 11.8 Å². The minimum absolute atomic E-state index is 0.0726. The van der Waals surface area contributed by atoms with Crippen LogP contribution >= 0.6 is 27.5 Å². The molecule has 0 saturated carbocycles. The first kappa shape index (κ1) is 15.3. The van der Waals surface area contributed by atoms with Crippen LogP contribution in [0.2, 0.25) is 5.02 Å². The van der Waals surface area contributed by atoms with E-state index in [1.54, 1.807) is 6.08 Å². The summed E-state index contributed by atoms with van der Waals surface area (Å²) in [5, 5.41) is 7.83. The van der Waals surface area contributed by atoms with Crippen molar-refractivity contribution in [2.45, 2.75) is 0 Å². The van der Waals surface area contributed by atoms with Crippen LogP contribution in [-0.2, 0) is 0 Å². The van der Waals surface area contributed by atoms with Crippen molar-refractivity contribution in [1.82, 2.24) is 4.57 Å². The molecule has 0 bridgehead atoms. The van der Waals surface area contributed by atoms with Gasteiger partial charge in [-0.1, -0.05) is 23.7 Å². The van der Waals surface area contributed by atoms with E-state index in [1.807, 2.05) is 47.3 Å². The van der Waals surface area contributed by atoms with Crippen molar-refractivity contribution in [3.8, 4) is 5.69 Å². The maximum Gasteiger partial charge on any atom is 0.211 e. The topological polar surface area (TPSA) is 81.7 Å². The molecule has 4 N–H and O–H groups in total. The van der Waals surface area contributed by atoms with E-state index in [0.29, 0.717) is 5.02 Å². The van der Waals surface area contributed by atoms with Crippen molar-refractivity contribution in [2.24, 2.45) is 21.7 Å². The van der Waals surface area contributed by atoms with Crippen molar-refractivity contribution in [2.75, 3.05) is 0 Å². The summed E-state index contributed by atoms with van der Waals surface area (Å²) >= 11 is 9.57. The molecule has 0 atom stereocenters. The number of benzene rings is 1. The van der Waals surface area contributed by atoms with Gasteiger partial charge >= 0.3 is 0 Å². The predicted octanol–water partition coefficient (Wildman–Crippen LogP) is 3.17. The van der Waals surface area contributed by atoms with E-state index in [0.717, 1.165) is 15.7 Å². The monoisotopic (exact) mass is 365 g/mol. The highest BCUT2D eigenvalue weighted by Crippen LogP contribution is 2.29. The van der Waals surface area contributed by atoms with Crippen molar-refractivity contribution < 1.29 is 0 Å². The van der Waals surface area contributed by atoms with Crippen LogP contribution in [0.3, 0.4) is 0 Å². The molecule has 5 nitrogen and oxygen atoms in total. The minimum Gasteiger partial charge on any atom is -0.369 e. The molecule has 0 fully saturated rings. The predicted molar refractivity (Wildman–Crippen MR) is 91.8 cm³/mol. The Morgan fingerprint density at radius 1 is 1.29 bits per heavy atom. The molecule has 0 amide bonds. The Labute approximate surface area is 135 Å². The standard InChI is InChI=1S/C14H13BrClN5/c15-13-11(16)4-1-5-12(13)21-8-6-10(9-21)3-2-7-19-20-14(17)18/h1-9H,(H4,17,18,20)/b3-2+,19-7+. The summed E-state index contributed by atoms with van der Waals surface area (Å²) in [7, 11) is 0. The Morgan fingerprint density at radius 3 is 2.86 bits per heavy atom. The summed E-state index contributed by atoms with van der Waals surface area (Å²) in [5.74, 6) is -0.0726. The fourth-order valence-electron chi connectivity index (χ4n) is 1.65. The lowest BCUT2D eigenvalue weighted by atomic mass is 10.3. The smallest absolute Gasteiger partial charge is 0.211 e. The summed E-state index contributed by atoms with van der Waals surface area (Å²) in [6.07, 6.45) is 9.07. The molecule has 21 heavy (non-hydrogen) atoms. The van der Waals surface area contributed by atoms with E-state index in [2.05, 4.69) is 26.1 Å². The first-order chi connectivity index (χ1) is 10.1. The van der Waals surface area contributed by atoms with Crippen LogP contribution < -0.4 is 11.5 Å². The number of hydrogen-bond donors (Lipinski definition) is 2. The highest BCUT2D eigenvalue weighted by Gasteiger charge is 2.05. The Kier molecular flexibility index (Phi) is 5.19. The maximum atomic E-state index is 6.09. The first-order valence-electron chi connectivity index (χ1n) is 5.99. The number of nitrogens with zero attached hydrogens (tertiary/aromatic N) is 3. The summed E-state index contributed by atoms with van der Waals surface area (Å²) in [4.78, 5) is 0. The number of halogens is 2. The van der Waals surface area contributed by atoms with Crippen molar-refractivity contribution in [3.05, 3.63) is 57.8 Å². The lowest BCUT2D eigenvalue weighted by molar-refractivity contribution is 1.07. The minimum atomic E-state index is -0.0726. The summed E-state index contributed by atoms with van der Waals surface area (Å²) < 4.78 is 2.83. The molecule has 2 aromatic rings. The summed E-state index contributed by atoms with van der Waals surface area (Å²) in [6, 6.07) is 7.68. The molecule has 108 valence electrons. The SMILES string of the molecule is NC(N)=N/N=C/C=C/c1ccn(-c2cccc(Cl)c2Br)c1. The Balaban J connectivity index is 2.15. The Hall–Kier alpha value is -2.05. The van der Waals surface area contributed by atoms with Crippen LogP contribution in [0, 0.1) is 0 Å². The van der Waals surface area contributed by atoms with Gasteiger partial charge in [-0.05, 0) is 45.8 Å². The van der Waals surface area contributed by atoms with Gasteiger partial charge in [-0.2, -0.15) is 5.10 Å². The molecule has 7 heteroatoms. The van der Waals surface area contributed by atoms with Gasteiger partial charge in [0.15, 0.2) is 0 Å². The molecular weight excluding hydrogens is 354 g/mol. The van der Waals surface area contributed by atoms with Gasteiger partial charge < -0.3 is 16.0 Å². The number of hydrogen-bond acceptors (Lipinski definition) is 2. The second kappa shape index (κ2) is 7.10. The molecule has 0 aliphatic carbocycles. The van der Waals surface area contributed by atoms with Crippen LogP contribution in [0.5, 0.6) is 0 Å². The lowest BCUT2D eigenvalue weighted by Gasteiger charge is -2.06. The van der Waals surface area contributed by atoms with Gasteiger partial charge in [-0.15, -0.1) is 5.10 Å². The zero-order valence-corrected chi connectivity index (χ0v) is 13.3. The lowest BCUT2D eigenvalue weighted by Crippen LogP contribution is -2.21. The molecule has 1 aromatic heterocycles. The number of allylic oxidation sites excluding steroid dienone is 1. The third-order valence-electron chi connectivity index (χ3n) is 2.54. The van der Waals surface area contributed by atoms with Crippen LogP contribution in [-0.4, -0.2) is 16.7 Å². The van der Waals surface area contributed by atoms with Gasteiger partial charge in [0.2, 0.25) is 5.96 Å². The van der Waals surface area contributed by atoms with Crippen molar-refractivity contribution >= 4 is 45.8 Å². The van der Waals surface area contributed by atoms with Crippen LogP contribution in [0.4, 0.5) is 0 Å². The van der Waals surface area contributed by atoms with E-state index in [4.69, 9.17) is 23.1 Å². The molecule has 0 radical (unpaired) electrons. The molecule has 0 aliphatic rings. The van der Waals surface area contributed by atoms with Gasteiger partial charge in [0.05, 0.1) is 15.2 Å². The molecule has 0 unspecified atom stereocenters. The second-order valence-corrected chi connectivity index (χ2v) is 5.27. The Bertz CT molecular complexity index is 714. The van der Waals surface area contributed by atoms with E-state index < -0.39 is 0 Å². The van der Waals surface area contributed by atoms with Gasteiger partial charge in [-0.3, -0.25) is 0 Å². The largest absolute Gasteiger partial charge is 0.369 e. The van der Waals surface area contributed by atoms with Gasteiger partial charge in [0.1, 0.15) is 0 Å². The number of nitrogens with two attached hydrogens (primary N) is 2. The van der Waals surface area contributed by atoms with Gasteiger partial charge in [0, 0.05) is 18.6 Å². The molecule has 0 saturated heterocycles. The summed E-state index contributed by atoms with van der Waals surface area (Å²) in [5.41, 5.74) is 12.3. The van der Waals surface area contributed by atoms with E-state index in [-0.39, 0.29) is 5.96 Å². The zero-order chi connectivity index (χ0) is 15.2. The first-order valence-corrected chi connectivity index (χ1v) is 7.16. The number of rotatable bonds is 4. The Morgan fingerprint density at radius 2 is 2.10 bits per heavy atom. The molecule has 1 aromatic carbocycles. The second-order valence-electron chi connectivity index (χ2n) is 4.07. The van der Waals surface area contributed by atoms with E-state index in [1.165, 1.54) is 6.21 Å². The highest BCUT2D eigenvalue weighted by atomic mass is 79.9. The average Bonchev–Trinajstić information content (AvgIpc) is 2.90. The van der Waals surface area contributed by atoms with Crippen LogP contribution in [0.15, 0.2) is 57.4 Å². The van der Waals surface area contributed by atoms with Crippen molar-refractivity contribution in [1.29, 1.82) is 0 Å². The molecule has 0 spiro atoms. The third-order valence-corrected chi connectivity index (χ3v) is 3.92. The molecule has 2 rings (SSSR count). The van der Waals surface area contributed by atoms with Gasteiger partial charge in [0.25, 0.3) is 0 Å². The van der Waals surface area contributed by atoms with Crippen molar-refractivity contribution in [3.63, 3.8) is 0 Å². The summed E-state index contributed by atoms with van der Waals surface area (Å²) in [6.45, 7) is 0. The number of guanidine groups is 1. The van der Waals surface area contributed by atoms with Crippen LogP contribution in [0.1, 0.15) is 5.56 Å². The van der Waals surface area contributed by atoms with Gasteiger partial charge in [-0.25, -0.2) is 0 Å². The van der Waals surface area contributed by atoms with E-state index >= 15 is 0 Å². The third kappa shape index (κ3) is 4.21. The molecule has 0 aliphatic heterocycles. The highest BCUT2D eigenvalue weighted by molar-refractivity contribution is 9.10. The van der Waals surface area contributed by atoms with E-state index in [9.17, 15) is 0 Å².